The van der Waals surface area contributed by atoms with E-state index < -0.39 is 4.92 Å². The van der Waals surface area contributed by atoms with E-state index in [1.54, 1.807) is 18.3 Å². The number of ether oxygens (including phenoxy) is 1. The summed E-state index contributed by atoms with van der Waals surface area (Å²) in [5.41, 5.74) is 6.65. The zero-order chi connectivity index (χ0) is 15.6. The molecule has 2 aromatic rings. The van der Waals surface area contributed by atoms with Crippen LogP contribution in [0.15, 0.2) is 39.4 Å². The summed E-state index contributed by atoms with van der Waals surface area (Å²) in [5, 5.41) is 10.8. The monoisotopic (exact) mass is 415 g/mol. The van der Waals surface area contributed by atoms with Crippen LogP contribution in [0.3, 0.4) is 0 Å². The molecule has 2 rings (SSSR count). The van der Waals surface area contributed by atoms with Gasteiger partial charge in [-0.3, -0.25) is 10.1 Å². The van der Waals surface area contributed by atoms with E-state index >= 15 is 0 Å². The SMILES string of the molecule is C[C@@H](N)c1ccnc(Oc2c(Br)cc([N+](=O)[O-])cc2Br)c1. The first kappa shape index (κ1) is 15.9. The normalized spacial score (nSPS) is 12.0. The molecule has 1 heterocycles. The van der Waals surface area contributed by atoms with Gasteiger partial charge in [-0.15, -0.1) is 0 Å². The number of rotatable bonds is 4. The van der Waals surface area contributed by atoms with Gasteiger partial charge in [0.1, 0.15) is 0 Å². The molecular weight excluding hydrogens is 406 g/mol. The Morgan fingerprint density at radius 1 is 1.33 bits per heavy atom. The number of nitro groups is 1. The van der Waals surface area contributed by atoms with Gasteiger partial charge in [0.15, 0.2) is 5.75 Å². The van der Waals surface area contributed by atoms with Crippen molar-refractivity contribution in [2.24, 2.45) is 5.73 Å². The first-order valence-corrected chi connectivity index (χ1v) is 7.50. The summed E-state index contributed by atoms with van der Waals surface area (Å²) in [5.74, 6) is 0.773. The molecule has 0 radical (unpaired) electrons. The Morgan fingerprint density at radius 2 is 1.95 bits per heavy atom. The molecule has 21 heavy (non-hydrogen) atoms. The minimum Gasteiger partial charge on any atom is -0.437 e. The summed E-state index contributed by atoms with van der Waals surface area (Å²) in [4.78, 5) is 14.4. The van der Waals surface area contributed by atoms with Crippen molar-refractivity contribution in [3.63, 3.8) is 0 Å². The van der Waals surface area contributed by atoms with Gasteiger partial charge < -0.3 is 10.5 Å². The molecule has 1 aromatic heterocycles. The molecule has 0 bridgehead atoms. The van der Waals surface area contributed by atoms with Gasteiger partial charge in [-0.2, -0.15) is 0 Å². The third-order valence-corrected chi connectivity index (χ3v) is 3.86. The molecule has 8 heteroatoms. The number of nitrogens with zero attached hydrogens (tertiary/aromatic N) is 2. The third kappa shape index (κ3) is 3.78. The van der Waals surface area contributed by atoms with Crippen molar-refractivity contribution in [2.75, 3.05) is 0 Å². The maximum Gasteiger partial charge on any atom is 0.271 e. The Hall–Kier alpha value is -1.51. The van der Waals surface area contributed by atoms with Crippen LogP contribution in [0.1, 0.15) is 18.5 Å². The molecular formula is C13H11Br2N3O3. The Kier molecular flexibility index (Phi) is 4.92. The number of halogens is 2. The molecule has 2 N–H and O–H groups in total. The van der Waals surface area contributed by atoms with Gasteiger partial charge in [-0.1, -0.05) is 0 Å². The molecule has 0 unspecified atom stereocenters. The van der Waals surface area contributed by atoms with Crippen molar-refractivity contribution >= 4 is 37.5 Å². The summed E-state index contributed by atoms with van der Waals surface area (Å²) >= 11 is 6.52. The largest absolute Gasteiger partial charge is 0.437 e. The van der Waals surface area contributed by atoms with Crippen LogP contribution in [0, 0.1) is 10.1 Å². The molecule has 0 aliphatic rings. The lowest BCUT2D eigenvalue weighted by atomic mass is 10.1. The van der Waals surface area contributed by atoms with E-state index in [9.17, 15) is 10.1 Å². The van der Waals surface area contributed by atoms with Gasteiger partial charge in [0.05, 0.1) is 13.9 Å². The second-order valence-corrected chi connectivity index (χ2v) is 6.02. The number of pyridine rings is 1. The van der Waals surface area contributed by atoms with Crippen LogP contribution in [0.2, 0.25) is 0 Å². The lowest BCUT2D eigenvalue weighted by Gasteiger charge is -2.11. The van der Waals surface area contributed by atoms with Crippen LogP contribution < -0.4 is 10.5 Å². The van der Waals surface area contributed by atoms with Gasteiger partial charge in [0.25, 0.3) is 5.69 Å². The van der Waals surface area contributed by atoms with Gasteiger partial charge in [0.2, 0.25) is 5.88 Å². The average Bonchev–Trinajstić information content (AvgIpc) is 2.42. The molecule has 6 nitrogen and oxygen atoms in total. The number of hydrogen-bond acceptors (Lipinski definition) is 5. The number of benzene rings is 1. The van der Waals surface area contributed by atoms with Gasteiger partial charge in [-0.05, 0) is 50.4 Å². The van der Waals surface area contributed by atoms with Crippen LogP contribution in [0.5, 0.6) is 11.6 Å². The molecule has 0 saturated heterocycles. The topological polar surface area (TPSA) is 91.3 Å². The summed E-state index contributed by atoms with van der Waals surface area (Å²) < 4.78 is 6.59. The highest BCUT2D eigenvalue weighted by molar-refractivity contribution is 9.11. The molecule has 1 atom stereocenters. The molecule has 0 aliphatic heterocycles. The molecule has 0 amide bonds. The van der Waals surface area contributed by atoms with Crippen molar-refractivity contribution in [3.8, 4) is 11.6 Å². The average molecular weight is 417 g/mol. The summed E-state index contributed by atoms with van der Waals surface area (Å²) in [6.07, 6.45) is 1.60. The van der Waals surface area contributed by atoms with Crippen molar-refractivity contribution in [1.82, 2.24) is 4.98 Å². The lowest BCUT2D eigenvalue weighted by Crippen LogP contribution is -2.05. The third-order valence-electron chi connectivity index (χ3n) is 2.69. The quantitative estimate of drug-likeness (QED) is 0.591. The number of hydrogen-bond donors (Lipinski definition) is 1. The lowest BCUT2D eigenvalue weighted by molar-refractivity contribution is -0.385. The Balaban J connectivity index is 2.36. The molecule has 0 aliphatic carbocycles. The number of aromatic nitrogens is 1. The fraction of sp³-hybridized carbons (Fsp3) is 0.154. The van der Waals surface area contributed by atoms with Crippen molar-refractivity contribution in [3.05, 3.63) is 55.1 Å². The minimum absolute atomic E-state index is 0.0432. The number of nitrogens with two attached hydrogens (primary N) is 1. The Bertz CT molecular complexity index is 669. The predicted molar refractivity (Wildman–Crippen MR) is 85.4 cm³/mol. The van der Waals surface area contributed by atoms with Crippen molar-refractivity contribution in [1.29, 1.82) is 0 Å². The minimum atomic E-state index is -0.478. The zero-order valence-electron chi connectivity index (χ0n) is 10.9. The fourth-order valence-corrected chi connectivity index (χ4v) is 2.94. The zero-order valence-corrected chi connectivity index (χ0v) is 14.1. The highest BCUT2D eigenvalue weighted by Gasteiger charge is 2.16. The second-order valence-electron chi connectivity index (χ2n) is 4.31. The van der Waals surface area contributed by atoms with Crippen LogP contribution in [-0.2, 0) is 0 Å². The predicted octanol–water partition coefficient (Wildman–Crippen LogP) is 4.33. The van der Waals surface area contributed by atoms with E-state index in [0.29, 0.717) is 20.6 Å². The number of nitro benzene ring substituents is 1. The van der Waals surface area contributed by atoms with E-state index in [1.165, 1.54) is 12.1 Å². The van der Waals surface area contributed by atoms with E-state index in [1.807, 2.05) is 6.92 Å². The Labute approximate surface area is 137 Å². The van der Waals surface area contributed by atoms with Crippen molar-refractivity contribution < 1.29 is 9.66 Å². The smallest absolute Gasteiger partial charge is 0.271 e. The van der Waals surface area contributed by atoms with Gasteiger partial charge >= 0.3 is 0 Å². The fourth-order valence-electron chi connectivity index (χ4n) is 1.62. The standard InChI is InChI=1S/C13H11Br2N3O3/c1-7(16)8-2-3-17-12(4-8)21-13-10(14)5-9(18(19)20)6-11(13)15/h2-7H,16H2,1H3/t7-/m1/s1. The molecule has 0 saturated carbocycles. The van der Waals surface area contributed by atoms with Gasteiger partial charge in [-0.25, -0.2) is 4.98 Å². The molecule has 1 aromatic carbocycles. The van der Waals surface area contributed by atoms with Crippen LogP contribution in [0.4, 0.5) is 5.69 Å². The molecule has 110 valence electrons. The van der Waals surface area contributed by atoms with Gasteiger partial charge in [0, 0.05) is 30.4 Å². The van der Waals surface area contributed by atoms with Crippen LogP contribution in [0.25, 0.3) is 0 Å². The maximum atomic E-state index is 10.8. The molecule has 0 fully saturated rings. The van der Waals surface area contributed by atoms with Crippen molar-refractivity contribution in [2.45, 2.75) is 13.0 Å². The van der Waals surface area contributed by atoms with Crippen LogP contribution in [-0.4, -0.2) is 9.91 Å². The first-order valence-electron chi connectivity index (χ1n) is 5.91. The van der Waals surface area contributed by atoms with E-state index in [2.05, 4.69) is 36.8 Å². The Morgan fingerprint density at radius 3 is 2.48 bits per heavy atom. The maximum absolute atomic E-state index is 10.8. The van der Waals surface area contributed by atoms with E-state index in [0.717, 1.165) is 5.56 Å². The van der Waals surface area contributed by atoms with E-state index in [-0.39, 0.29) is 11.7 Å². The highest BCUT2D eigenvalue weighted by atomic mass is 79.9. The second kappa shape index (κ2) is 6.50. The van der Waals surface area contributed by atoms with Crippen LogP contribution >= 0.6 is 31.9 Å². The number of non-ortho nitro benzene ring substituents is 1. The summed E-state index contributed by atoms with van der Waals surface area (Å²) in [6.45, 7) is 1.86. The summed E-state index contributed by atoms with van der Waals surface area (Å²) in [6, 6.07) is 6.13. The highest BCUT2D eigenvalue weighted by Crippen LogP contribution is 2.39. The molecule has 0 spiro atoms. The summed E-state index contributed by atoms with van der Waals surface area (Å²) in [7, 11) is 0. The first-order chi connectivity index (χ1) is 9.88. The van der Waals surface area contributed by atoms with E-state index in [4.69, 9.17) is 10.5 Å².